The van der Waals surface area contributed by atoms with Crippen LogP contribution in [-0.2, 0) is 12.8 Å². The van der Waals surface area contributed by atoms with Gasteiger partial charge in [0, 0.05) is 12.0 Å². The zero-order valence-corrected chi connectivity index (χ0v) is 14.1. The largest absolute Gasteiger partial charge is 0.494 e. The molecule has 21 heavy (non-hydrogen) atoms. The first kappa shape index (κ1) is 14.7. The summed E-state index contributed by atoms with van der Waals surface area (Å²) in [5, 5.41) is 0.833. The molecule has 0 aliphatic carbocycles. The lowest BCUT2D eigenvalue weighted by Crippen LogP contribution is -1.95. The van der Waals surface area contributed by atoms with Gasteiger partial charge in [0.1, 0.15) is 11.5 Å². The number of hydrogen-bond acceptors (Lipinski definition) is 2. The monoisotopic (exact) mass is 366 g/mol. The average Bonchev–Trinajstić information content (AvgIpc) is 2.97. The quantitative estimate of drug-likeness (QED) is 0.755. The Morgan fingerprint density at radius 2 is 2.05 bits per heavy atom. The molecule has 2 nitrogen and oxygen atoms in total. The third kappa shape index (κ3) is 3.04. The van der Waals surface area contributed by atoms with Gasteiger partial charge in [0.05, 0.1) is 22.7 Å². The van der Waals surface area contributed by atoms with Crippen molar-refractivity contribution < 1.29 is 9.47 Å². The molecule has 110 valence electrons. The fourth-order valence-corrected chi connectivity index (χ4v) is 3.50. The topological polar surface area (TPSA) is 18.5 Å². The van der Waals surface area contributed by atoms with Gasteiger partial charge in [0.2, 0.25) is 0 Å². The Labute approximate surface area is 138 Å². The Bertz CT molecular complexity index is 653. The van der Waals surface area contributed by atoms with E-state index in [0.717, 1.165) is 45.0 Å². The first-order chi connectivity index (χ1) is 10.2. The maximum absolute atomic E-state index is 6.53. The van der Waals surface area contributed by atoms with Crippen molar-refractivity contribution in [1.29, 1.82) is 0 Å². The molecular formula is C17H16BrClO2. The molecule has 0 radical (unpaired) electrons. The van der Waals surface area contributed by atoms with Crippen LogP contribution in [0.25, 0.3) is 0 Å². The molecule has 4 heteroatoms. The van der Waals surface area contributed by atoms with Gasteiger partial charge in [0.15, 0.2) is 0 Å². The molecule has 0 atom stereocenters. The highest BCUT2D eigenvalue weighted by Crippen LogP contribution is 2.41. The van der Waals surface area contributed by atoms with E-state index in [2.05, 4.69) is 34.1 Å². The van der Waals surface area contributed by atoms with E-state index < -0.39 is 0 Å². The molecule has 0 N–H and O–H groups in total. The molecule has 1 aliphatic heterocycles. The first-order valence-electron chi connectivity index (χ1n) is 7.03. The molecule has 0 aromatic heterocycles. The number of hydrogen-bond donors (Lipinski definition) is 0. The van der Waals surface area contributed by atoms with Crippen LogP contribution in [0.15, 0.2) is 34.8 Å². The second kappa shape index (κ2) is 6.29. The molecule has 3 rings (SSSR count). The van der Waals surface area contributed by atoms with E-state index in [1.165, 1.54) is 5.56 Å². The van der Waals surface area contributed by atoms with Gasteiger partial charge in [-0.2, -0.15) is 0 Å². The zero-order valence-electron chi connectivity index (χ0n) is 11.8. The van der Waals surface area contributed by atoms with Crippen LogP contribution in [0.1, 0.15) is 23.6 Å². The van der Waals surface area contributed by atoms with E-state index in [1.807, 2.05) is 19.1 Å². The molecule has 2 aromatic rings. The van der Waals surface area contributed by atoms with Gasteiger partial charge in [-0.25, -0.2) is 0 Å². The van der Waals surface area contributed by atoms with Crippen molar-refractivity contribution in [2.45, 2.75) is 19.8 Å². The second-order valence-corrected chi connectivity index (χ2v) is 6.22. The van der Waals surface area contributed by atoms with Gasteiger partial charge in [-0.05, 0) is 58.6 Å². The van der Waals surface area contributed by atoms with Gasteiger partial charge in [-0.3, -0.25) is 0 Å². The Balaban J connectivity index is 1.86. The number of benzene rings is 2. The fraction of sp³-hybridized carbons (Fsp3) is 0.294. The Morgan fingerprint density at radius 1 is 1.29 bits per heavy atom. The van der Waals surface area contributed by atoms with Crippen LogP contribution in [-0.4, -0.2) is 13.2 Å². The van der Waals surface area contributed by atoms with Crippen LogP contribution in [0, 0.1) is 0 Å². The van der Waals surface area contributed by atoms with Gasteiger partial charge in [-0.1, -0.05) is 23.7 Å². The van der Waals surface area contributed by atoms with E-state index in [1.54, 1.807) is 0 Å². The maximum atomic E-state index is 6.53. The van der Waals surface area contributed by atoms with Crippen molar-refractivity contribution in [2.24, 2.45) is 0 Å². The summed E-state index contributed by atoms with van der Waals surface area (Å²) in [6, 6.07) is 10.2. The van der Waals surface area contributed by atoms with E-state index in [4.69, 9.17) is 21.1 Å². The SMILES string of the molecule is CCOc1ccc(Cc2cc(Br)c3c(c2Cl)CCO3)cc1. The summed E-state index contributed by atoms with van der Waals surface area (Å²) in [5.74, 6) is 1.80. The predicted molar refractivity (Wildman–Crippen MR) is 88.8 cm³/mol. The number of halogens is 2. The lowest BCUT2D eigenvalue weighted by atomic mass is 10.0. The normalized spacial score (nSPS) is 12.9. The molecule has 0 fully saturated rings. The van der Waals surface area contributed by atoms with Crippen LogP contribution < -0.4 is 9.47 Å². The highest BCUT2D eigenvalue weighted by atomic mass is 79.9. The average molecular weight is 368 g/mol. The van der Waals surface area contributed by atoms with Crippen LogP contribution in [0.5, 0.6) is 11.5 Å². The molecule has 0 amide bonds. The van der Waals surface area contributed by atoms with E-state index in [9.17, 15) is 0 Å². The van der Waals surface area contributed by atoms with Crippen molar-refractivity contribution in [1.82, 2.24) is 0 Å². The molecular weight excluding hydrogens is 352 g/mol. The molecule has 0 bridgehead atoms. The molecule has 0 saturated carbocycles. The Morgan fingerprint density at radius 3 is 2.76 bits per heavy atom. The summed E-state index contributed by atoms with van der Waals surface area (Å²) in [7, 11) is 0. The van der Waals surface area contributed by atoms with Gasteiger partial charge >= 0.3 is 0 Å². The second-order valence-electron chi connectivity index (χ2n) is 4.99. The third-order valence-corrected chi connectivity index (χ3v) is 4.63. The number of fused-ring (bicyclic) bond motifs is 1. The van der Waals surface area contributed by atoms with Gasteiger partial charge in [-0.15, -0.1) is 0 Å². The standard InChI is InChI=1S/C17H16BrClO2/c1-2-20-13-5-3-11(4-6-13)9-12-10-15(18)17-14(16(12)19)7-8-21-17/h3-6,10H,2,7-9H2,1H3. The minimum absolute atomic E-state index is 0.683. The summed E-state index contributed by atoms with van der Waals surface area (Å²) in [4.78, 5) is 0. The highest BCUT2D eigenvalue weighted by molar-refractivity contribution is 9.10. The summed E-state index contributed by atoms with van der Waals surface area (Å²) >= 11 is 10.1. The smallest absolute Gasteiger partial charge is 0.138 e. The third-order valence-electron chi connectivity index (χ3n) is 3.57. The summed E-state index contributed by atoms with van der Waals surface area (Å²) in [6.45, 7) is 3.38. The highest BCUT2D eigenvalue weighted by Gasteiger charge is 2.21. The minimum atomic E-state index is 0.683. The lowest BCUT2D eigenvalue weighted by molar-refractivity contribution is 0.340. The summed E-state index contributed by atoms with van der Waals surface area (Å²) < 4.78 is 12.1. The van der Waals surface area contributed by atoms with Crippen molar-refractivity contribution in [3.63, 3.8) is 0 Å². The maximum Gasteiger partial charge on any atom is 0.138 e. The van der Waals surface area contributed by atoms with Gasteiger partial charge < -0.3 is 9.47 Å². The lowest BCUT2D eigenvalue weighted by Gasteiger charge is -2.11. The molecule has 0 saturated heterocycles. The minimum Gasteiger partial charge on any atom is -0.494 e. The van der Waals surface area contributed by atoms with Crippen molar-refractivity contribution in [2.75, 3.05) is 13.2 Å². The van der Waals surface area contributed by atoms with Gasteiger partial charge in [0.25, 0.3) is 0 Å². The first-order valence-corrected chi connectivity index (χ1v) is 8.20. The predicted octanol–water partition coefficient (Wildman–Crippen LogP) is 5.03. The zero-order chi connectivity index (χ0) is 14.8. The van der Waals surface area contributed by atoms with Crippen molar-refractivity contribution in [3.05, 3.63) is 56.5 Å². The van der Waals surface area contributed by atoms with Crippen LogP contribution in [0.4, 0.5) is 0 Å². The molecule has 0 spiro atoms. The summed E-state index contributed by atoms with van der Waals surface area (Å²) in [6.07, 6.45) is 1.68. The molecule has 1 heterocycles. The Kier molecular flexibility index (Phi) is 4.41. The fourth-order valence-electron chi connectivity index (χ4n) is 2.57. The van der Waals surface area contributed by atoms with Crippen LogP contribution >= 0.6 is 27.5 Å². The van der Waals surface area contributed by atoms with E-state index in [0.29, 0.717) is 13.2 Å². The van der Waals surface area contributed by atoms with Crippen molar-refractivity contribution in [3.8, 4) is 11.5 Å². The molecule has 0 unspecified atom stereocenters. The van der Waals surface area contributed by atoms with Crippen molar-refractivity contribution >= 4 is 27.5 Å². The van der Waals surface area contributed by atoms with E-state index >= 15 is 0 Å². The van der Waals surface area contributed by atoms with Crippen LogP contribution in [0.2, 0.25) is 5.02 Å². The van der Waals surface area contributed by atoms with Crippen LogP contribution in [0.3, 0.4) is 0 Å². The summed E-state index contributed by atoms with van der Waals surface area (Å²) in [5.41, 5.74) is 3.45. The van der Waals surface area contributed by atoms with E-state index in [-0.39, 0.29) is 0 Å². The number of rotatable bonds is 4. The molecule has 1 aliphatic rings. The Hall–Kier alpha value is -1.19. The number of ether oxygens (including phenoxy) is 2. The molecule has 2 aromatic carbocycles.